The lowest BCUT2D eigenvalue weighted by Crippen LogP contribution is -2.49. The number of nitrogens with zero attached hydrogens (tertiary/aromatic N) is 1. The van der Waals surface area contributed by atoms with Crippen molar-refractivity contribution in [2.75, 3.05) is 18.2 Å². The number of hydrogen-bond donors (Lipinski definition) is 1. The summed E-state index contributed by atoms with van der Waals surface area (Å²) in [6.45, 7) is -0.245. The molecule has 1 aliphatic rings. The van der Waals surface area contributed by atoms with Crippen molar-refractivity contribution >= 4 is 33.5 Å². The van der Waals surface area contributed by atoms with Gasteiger partial charge in [-0.2, -0.15) is 17.5 Å². The molecule has 0 spiro atoms. The molecule has 1 amide bonds. The van der Waals surface area contributed by atoms with Gasteiger partial charge in [0.15, 0.2) is 5.78 Å². The highest BCUT2D eigenvalue weighted by molar-refractivity contribution is 8.00. The molecule has 0 aromatic heterocycles. The van der Waals surface area contributed by atoms with E-state index in [2.05, 4.69) is 0 Å². The molecule has 0 unspecified atom stereocenters. The first kappa shape index (κ1) is 19.7. The van der Waals surface area contributed by atoms with Crippen molar-refractivity contribution in [2.24, 2.45) is 0 Å². The fourth-order valence-electron chi connectivity index (χ4n) is 2.19. The number of carbonyl (C=O) groups excluding carboxylic acids is 2. The van der Waals surface area contributed by atoms with Gasteiger partial charge in [-0.1, -0.05) is 12.1 Å². The second-order valence-corrected chi connectivity index (χ2v) is 8.22. The van der Waals surface area contributed by atoms with Crippen LogP contribution in [0.15, 0.2) is 29.2 Å². The molecule has 1 heterocycles. The van der Waals surface area contributed by atoms with Gasteiger partial charge in [-0.05, 0) is 19.1 Å². The van der Waals surface area contributed by atoms with Crippen molar-refractivity contribution in [1.82, 2.24) is 9.62 Å². The second-order valence-electron chi connectivity index (χ2n) is 5.32. The van der Waals surface area contributed by atoms with E-state index in [-0.39, 0.29) is 27.9 Å². The molecule has 6 nitrogen and oxygen atoms in total. The molecule has 25 heavy (non-hydrogen) atoms. The van der Waals surface area contributed by atoms with Crippen LogP contribution in [-0.2, 0) is 14.8 Å². The lowest BCUT2D eigenvalue weighted by Gasteiger charge is -2.23. The molecule has 1 aromatic rings. The summed E-state index contributed by atoms with van der Waals surface area (Å²) < 4.78 is 63.0. The lowest BCUT2D eigenvalue weighted by molar-refractivity contribution is -0.140. The van der Waals surface area contributed by atoms with Crippen LogP contribution in [0.3, 0.4) is 0 Å². The van der Waals surface area contributed by atoms with Crippen LogP contribution in [0.25, 0.3) is 0 Å². The first-order valence-corrected chi connectivity index (χ1v) is 9.67. The highest BCUT2D eigenvalue weighted by atomic mass is 32.2. The third-order valence-electron chi connectivity index (χ3n) is 3.45. The average molecular weight is 396 g/mol. The average Bonchev–Trinajstić information content (AvgIpc) is 3.02. The molecule has 2 rings (SSSR count). The van der Waals surface area contributed by atoms with Gasteiger partial charge in [-0.3, -0.25) is 9.59 Å². The van der Waals surface area contributed by atoms with Crippen LogP contribution < -0.4 is 5.32 Å². The monoisotopic (exact) mass is 396 g/mol. The van der Waals surface area contributed by atoms with E-state index < -0.39 is 34.7 Å². The predicted molar refractivity (Wildman–Crippen MR) is 85.6 cm³/mol. The van der Waals surface area contributed by atoms with Gasteiger partial charge in [0.1, 0.15) is 12.6 Å². The van der Waals surface area contributed by atoms with Crippen molar-refractivity contribution < 1.29 is 31.2 Å². The van der Waals surface area contributed by atoms with E-state index in [1.807, 2.05) is 0 Å². The summed E-state index contributed by atoms with van der Waals surface area (Å²) in [4.78, 5) is 23.2. The third kappa shape index (κ3) is 4.73. The number of ketones is 1. The molecule has 1 saturated heterocycles. The van der Waals surface area contributed by atoms with E-state index >= 15 is 0 Å². The Bertz CT molecular complexity index is 781. The number of nitrogens with one attached hydrogen (secondary N) is 1. The Morgan fingerprint density at radius 3 is 2.64 bits per heavy atom. The summed E-state index contributed by atoms with van der Waals surface area (Å²) in [7, 11) is -4.12. The summed E-state index contributed by atoms with van der Waals surface area (Å²) in [6.07, 6.45) is -4.58. The fourth-order valence-corrected chi connectivity index (χ4v) is 5.38. The zero-order valence-corrected chi connectivity index (χ0v) is 14.7. The molecule has 1 N–H and O–H groups in total. The van der Waals surface area contributed by atoms with Crippen LogP contribution in [0.5, 0.6) is 0 Å². The highest BCUT2D eigenvalue weighted by Gasteiger charge is 2.41. The van der Waals surface area contributed by atoms with E-state index in [1.54, 1.807) is 5.32 Å². The maximum absolute atomic E-state index is 12.7. The van der Waals surface area contributed by atoms with Gasteiger partial charge in [0, 0.05) is 11.3 Å². The van der Waals surface area contributed by atoms with Gasteiger partial charge >= 0.3 is 6.18 Å². The van der Waals surface area contributed by atoms with Gasteiger partial charge in [0.25, 0.3) is 0 Å². The van der Waals surface area contributed by atoms with Crippen LogP contribution >= 0.6 is 11.8 Å². The molecular formula is C14H15F3N2O4S2. The standard InChI is InChI=1S/C14H15F3N2O4S2/c1-9(20)10-3-2-4-11(5-10)25(22,23)19-8-24-6-12(19)13(21)18-7-14(15,16)17/h2-5,12H,6-8H2,1H3,(H,18,21)/t12-/m0/s1. The Labute approximate surface area is 146 Å². The Morgan fingerprint density at radius 1 is 1.36 bits per heavy atom. The van der Waals surface area contributed by atoms with Crippen molar-refractivity contribution in [1.29, 1.82) is 0 Å². The quantitative estimate of drug-likeness (QED) is 0.765. The maximum Gasteiger partial charge on any atom is 0.405 e. The third-order valence-corrected chi connectivity index (χ3v) is 6.48. The molecule has 1 aliphatic heterocycles. The summed E-state index contributed by atoms with van der Waals surface area (Å²) in [5.41, 5.74) is 0.186. The topological polar surface area (TPSA) is 83.6 Å². The number of sulfonamides is 1. The molecule has 11 heteroatoms. The lowest BCUT2D eigenvalue weighted by atomic mass is 10.2. The zero-order valence-electron chi connectivity index (χ0n) is 13.0. The number of amides is 1. The Balaban J connectivity index is 2.24. The van der Waals surface area contributed by atoms with Crippen molar-refractivity contribution in [3.05, 3.63) is 29.8 Å². The van der Waals surface area contributed by atoms with Gasteiger partial charge in [0.05, 0.1) is 10.8 Å². The van der Waals surface area contributed by atoms with Crippen LogP contribution in [0, 0.1) is 0 Å². The first-order valence-electron chi connectivity index (χ1n) is 7.07. The minimum atomic E-state index is -4.58. The minimum Gasteiger partial charge on any atom is -0.346 e. The summed E-state index contributed by atoms with van der Waals surface area (Å²) >= 11 is 1.12. The van der Waals surface area contributed by atoms with E-state index in [4.69, 9.17) is 0 Å². The molecule has 0 aliphatic carbocycles. The van der Waals surface area contributed by atoms with Crippen molar-refractivity contribution in [2.45, 2.75) is 24.0 Å². The van der Waals surface area contributed by atoms with Crippen molar-refractivity contribution in [3.8, 4) is 0 Å². The SMILES string of the molecule is CC(=O)c1cccc(S(=O)(=O)N2CSC[C@H]2C(=O)NCC(F)(F)F)c1. The molecule has 1 fully saturated rings. The summed E-state index contributed by atoms with van der Waals surface area (Å²) in [5.74, 6) is -1.34. The van der Waals surface area contributed by atoms with E-state index in [9.17, 15) is 31.2 Å². The van der Waals surface area contributed by atoms with Crippen LogP contribution in [0.1, 0.15) is 17.3 Å². The number of halogens is 3. The van der Waals surface area contributed by atoms with E-state index in [0.717, 1.165) is 16.1 Å². The fraction of sp³-hybridized carbons (Fsp3) is 0.429. The normalized spacial score (nSPS) is 19.0. The largest absolute Gasteiger partial charge is 0.405 e. The molecule has 1 aromatic carbocycles. The predicted octanol–water partition coefficient (Wildman–Crippen LogP) is 1.63. The van der Waals surface area contributed by atoms with Gasteiger partial charge < -0.3 is 5.32 Å². The zero-order chi connectivity index (χ0) is 18.8. The van der Waals surface area contributed by atoms with Crippen LogP contribution in [0.4, 0.5) is 13.2 Å². The Hall–Kier alpha value is -1.59. The Morgan fingerprint density at radius 2 is 2.04 bits per heavy atom. The number of Topliss-reactive ketones (excluding diaryl/α,β-unsaturated/α-hetero) is 1. The minimum absolute atomic E-state index is 0.0509. The van der Waals surface area contributed by atoms with Crippen LogP contribution in [-0.4, -0.2) is 54.8 Å². The van der Waals surface area contributed by atoms with Gasteiger partial charge in [-0.25, -0.2) is 8.42 Å². The molecule has 0 saturated carbocycles. The number of carbonyl (C=O) groups is 2. The van der Waals surface area contributed by atoms with E-state index in [0.29, 0.717) is 0 Å². The maximum atomic E-state index is 12.7. The highest BCUT2D eigenvalue weighted by Crippen LogP contribution is 2.29. The molecule has 1 atom stereocenters. The number of benzene rings is 1. The second kappa shape index (κ2) is 7.34. The van der Waals surface area contributed by atoms with Gasteiger partial charge in [0.2, 0.25) is 15.9 Å². The number of alkyl halides is 3. The molecule has 0 bridgehead atoms. The van der Waals surface area contributed by atoms with Crippen LogP contribution in [0.2, 0.25) is 0 Å². The molecular weight excluding hydrogens is 381 g/mol. The number of hydrogen-bond acceptors (Lipinski definition) is 5. The summed E-state index contributed by atoms with van der Waals surface area (Å²) in [6, 6.07) is 4.07. The number of thioether (sulfide) groups is 1. The van der Waals surface area contributed by atoms with E-state index in [1.165, 1.54) is 31.2 Å². The summed E-state index contributed by atoms with van der Waals surface area (Å²) in [5, 5.41) is 1.71. The molecule has 138 valence electrons. The number of rotatable bonds is 5. The van der Waals surface area contributed by atoms with Crippen molar-refractivity contribution in [3.63, 3.8) is 0 Å². The molecule has 0 radical (unpaired) electrons. The first-order chi connectivity index (χ1) is 11.5. The smallest absolute Gasteiger partial charge is 0.346 e. The Kier molecular flexibility index (Phi) is 5.79. The van der Waals surface area contributed by atoms with Gasteiger partial charge in [-0.15, -0.1) is 11.8 Å².